The third kappa shape index (κ3) is 2.68. The summed E-state index contributed by atoms with van der Waals surface area (Å²) in [4.78, 5) is 12.4. The zero-order valence-electron chi connectivity index (χ0n) is 12.2. The highest BCUT2D eigenvalue weighted by molar-refractivity contribution is 5.93. The maximum absolute atomic E-state index is 12.4. The number of hydrogen-bond acceptors (Lipinski definition) is 2. The Morgan fingerprint density at radius 1 is 1.37 bits per heavy atom. The molecule has 0 aromatic carbocycles. The fourth-order valence-electron chi connectivity index (χ4n) is 2.07. The fraction of sp³-hybridized carbons (Fsp3) is 0.667. The summed E-state index contributed by atoms with van der Waals surface area (Å²) in [5.41, 5.74) is -0.975. The van der Waals surface area contributed by atoms with Gasteiger partial charge in [-0.3, -0.25) is 4.79 Å². The molecule has 106 valence electrons. The topological polar surface area (TPSA) is 54.3 Å². The van der Waals surface area contributed by atoms with Gasteiger partial charge in [-0.2, -0.15) is 0 Å². The summed E-state index contributed by atoms with van der Waals surface area (Å²) in [5, 5.41) is 13.0. The van der Waals surface area contributed by atoms with Gasteiger partial charge in [0.15, 0.2) is 0 Å². The molecule has 1 amide bonds. The van der Waals surface area contributed by atoms with E-state index in [0.29, 0.717) is 11.7 Å². The van der Waals surface area contributed by atoms with Gasteiger partial charge in [-0.05, 0) is 59.1 Å². The normalized spacial score (nSPS) is 17.1. The number of aliphatic hydroxyl groups is 1. The molecule has 2 rings (SSSR count). The Morgan fingerprint density at radius 2 is 2.00 bits per heavy atom. The van der Waals surface area contributed by atoms with E-state index in [9.17, 15) is 9.90 Å². The summed E-state index contributed by atoms with van der Waals surface area (Å²) < 4.78 is 2.05. The Labute approximate surface area is 114 Å². The lowest BCUT2D eigenvalue weighted by atomic mass is 9.86. The van der Waals surface area contributed by atoms with E-state index in [0.717, 1.165) is 12.8 Å². The molecule has 4 heteroatoms. The summed E-state index contributed by atoms with van der Waals surface area (Å²) >= 11 is 0. The number of aromatic nitrogens is 1. The van der Waals surface area contributed by atoms with Crippen LogP contribution in [-0.2, 0) is 0 Å². The van der Waals surface area contributed by atoms with E-state index in [1.54, 1.807) is 13.8 Å². The van der Waals surface area contributed by atoms with E-state index < -0.39 is 11.1 Å². The molecule has 0 aliphatic heterocycles. The highest BCUT2D eigenvalue weighted by Gasteiger charge is 2.37. The Morgan fingerprint density at radius 3 is 2.47 bits per heavy atom. The lowest BCUT2D eigenvalue weighted by Crippen LogP contribution is -2.58. The minimum Gasteiger partial charge on any atom is -0.388 e. The van der Waals surface area contributed by atoms with Crippen LogP contribution in [0.3, 0.4) is 0 Å². The first-order valence-electron chi connectivity index (χ1n) is 6.94. The molecule has 0 bridgehead atoms. The predicted octanol–water partition coefficient (Wildman–Crippen LogP) is 2.49. The van der Waals surface area contributed by atoms with Crippen LogP contribution in [0.15, 0.2) is 18.3 Å². The molecule has 1 fully saturated rings. The lowest BCUT2D eigenvalue weighted by molar-refractivity contribution is -0.00316. The van der Waals surface area contributed by atoms with Crippen LogP contribution in [0.5, 0.6) is 0 Å². The summed E-state index contributed by atoms with van der Waals surface area (Å²) in [6.07, 6.45) is 5.49. The zero-order chi connectivity index (χ0) is 14.3. The number of hydrogen-bond donors (Lipinski definition) is 2. The van der Waals surface area contributed by atoms with Gasteiger partial charge in [0.25, 0.3) is 5.91 Å². The van der Waals surface area contributed by atoms with Crippen LogP contribution in [0.2, 0.25) is 0 Å². The molecule has 1 aromatic rings. The van der Waals surface area contributed by atoms with Crippen molar-refractivity contribution in [1.82, 2.24) is 9.88 Å². The standard InChI is InChI=1S/C15H24N2O2/c1-14(2,15(3,4)19)16-13(18)12-9-6-10-17(12)11-7-5-8-11/h6,9-11,19H,5,7-8H2,1-4H3,(H,16,18). The van der Waals surface area contributed by atoms with Crippen LogP contribution in [0.25, 0.3) is 0 Å². The van der Waals surface area contributed by atoms with Gasteiger partial charge in [-0.1, -0.05) is 0 Å². The predicted molar refractivity (Wildman–Crippen MR) is 75.2 cm³/mol. The average Bonchev–Trinajstić information content (AvgIpc) is 2.61. The molecule has 0 radical (unpaired) electrons. The number of nitrogens with one attached hydrogen (secondary N) is 1. The van der Waals surface area contributed by atoms with Crippen LogP contribution >= 0.6 is 0 Å². The molecule has 1 aliphatic rings. The monoisotopic (exact) mass is 264 g/mol. The molecule has 2 N–H and O–H groups in total. The van der Waals surface area contributed by atoms with Gasteiger partial charge in [0.05, 0.1) is 11.1 Å². The van der Waals surface area contributed by atoms with Crippen LogP contribution in [0.1, 0.15) is 63.5 Å². The molecule has 4 nitrogen and oxygen atoms in total. The summed E-state index contributed by atoms with van der Waals surface area (Å²) in [6.45, 7) is 7.08. The van der Waals surface area contributed by atoms with Crippen LogP contribution in [-0.4, -0.2) is 26.7 Å². The molecule has 1 aliphatic carbocycles. The van der Waals surface area contributed by atoms with Gasteiger partial charge in [-0.15, -0.1) is 0 Å². The molecule has 1 saturated carbocycles. The molecule has 1 heterocycles. The van der Waals surface area contributed by atoms with Crippen molar-refractivity contribution in [1.29, 1.82) is 0 Å². The van der Waals surface area contributed by atoms with Crippen molar-refractivity contribution in [3.8, 4) is 0 Å². The zero-order valence-corrected chi connectivity index (χ0v) is 12.2. The van der Waals surface area contributed by atoms with Gasteiger partial charge < -0.3 is 15.0 Å². The number of amides is 1. The van der Waals surface area contributed by atoms with Gasteiger partial charge in [0.2, 0.25) is 0 Å². The van der Waals surface area contributed by atoms with Crippen molar-refractivity contribution in [3.05, 3.63) is 24.0 Å². The largest absolute Gasteiger partial charge is 0.388 e. The minimum atomic E-state index is -0.976. The Hall–Kier alpha value is -1.29. The molecule has 19 heavy (non-hydrogen) atoms. The molecule has 0 spiro atoms. The highest BCUT2D eigenvalue weighted by Crippen LogP contribution is 2.33. The first-order valence-corrected chi connectivity index (χ1v) is 6.94. The highest BCUT2D eigenvalue weighted by atomic mass is 16.3. The maximum Gasteiger partial charge on any atom is 0.268 e. The Balaban J connectivity index is 2.14. The second kappa shape index (κ2) is 4.67. The maximum atomic E-state index is 12.4. The van der Waals surface area contributed by atoms with E-state index in [1.165, 1.54) is 6.42 Å². The van der Waals surface area contributed by atoms with Crippen LogP contribution in [0.4, 0.5) is 0 Å². The second-order valence-electron chi connectivity index (χ2n) is 6.52. The van der Waals surface area contributed by atoms with Crippen molar-refractivity contribution in [2.24, 2.45) is 0 Å². The molecular weight excluding hydrogens is 240 g/mol. The Bertz CT molecular complexity index is 465. The summed E-state index contributed by atoms with van der Waals surface area (Å²) in [5.74, 6) is -0.121. The number of carbonyl (C=O) groups is 1. The average molecular weight is 264 g/mol. The lowest BCUT2D eigenvalue weighted by Gasteiger charge is -2.38. The first kappa shape index (κ1) is 14.1. The minimum absolute atomic E-state index is 0.121. The van der Waals surface area contributed by atoms with Crippen LogP contribution in [0, 0.1) is 0 Å². The SMILES string of the molecule is CC(C)(O)C(C)(C)NC(=O)c1cccn1C1CCC1. The third-order valence-electron chi connectivity index (χ3n) is 4.44. The number of carbonyl (C=O) groups excluding carboxylic acids is 1. The number of rotatable bonds is 4. The van der Waals surface area contributed by atoms with Gasteiger partial charge in [0.1, 0.15) is 5.69 Å². The van der Waals surface area contributed by atoms with E-state index in [-0.39, 0.29) is 5.91 Å². The van der Waals surface area contributed by atoms with Crippen molar-refractivity contribution in [2.75, 3.05) is 0 Å². The molecule has 0 unspecified atom stereocenters. The Kier molecular flexibility index (Phi) is 3.47. The number of nitrogens with zero attached hydrogens (tertiary/aromatic N) is 1. The van der Waals surface area contributed by atoms with E-state index >= 15 is 0 Å². The molecular formula is C15H24N2O2. The molecule has 1 aromatic heterocycles. The van der Waals surface area contributed by atoms with E-state index in [4.69, 9.17) is 0 Å². The van der Waals surface area contributed by atoms with E-state index in [1.807, 2.05) is 32.2 Å². The molecule has 0 saturated heterocycles. The smallest absolute Gasteiger partial charge is 0.268 e. The van der Waals surface area contributed by atoms with Crippen molar-refractivity contribution < 1.29 is 9.90 Å². The van der Waals surface area contributed by atoms with Gasteiger partial charge >= 0.3 is 0 Å². The summed E-state index contributed by atoms with van der Waals surface area (Å²) in [6, 6.07) is 4.21. The first-order chi connectivity index (χ1) is 8.72. The van der Waals surface area contributed by atoms with Gasteiger partial charge in [0, 0.05) is 12.2 Å². The quantitative estimate of drug-likeness (QED) is 0.878. The van der Waals surface area contributed by atoms with Crippen molar-refractivity contribution >= 4 is 5.91 Å². The summed E-state index contributed by atoms with van der Waals surface area (Å²) in [7, 11) is 0. The van der Waals surface area contributed by atoms with Crippen LogP contribution < -0.4 is 5.32 Å². The van der Waals surface area contributed by atoms with Gasteiger partial charge in [-0.25, -0.2) is 0 Å². The van der Waals surface area contributed by atoms with E-state index in [2.05, 4.69) is 9.88 Å². The second-order valence-corrected chi connectivity index (χ2v) is 6.52. The van der Waals surface area contributed by atoms with Crippen molar-refractivity contribution in [3.63, 3.8) is 0 Å². The molecule has 0 atom stereocenters. The third-order valence-corrected chi connectivity index (χ3v) is 4.44. The fourth-order valence-corrected chi connectivity index (χ4v) is 2.07. The van der Waals surface area contributed by atoms with Crippen molar-refractivity contribution in [2.45, 2.75) is 64.1 Å².